The Hall–Kier alpha value is -2.95. The van der Waals surface area contributed by atoms with Crippen molar-refractivity contribution in [2.45, 2.75) is 85.3 Å². The highest BCUT2D eigenvalue weighted by Crippen LogP contribution is 2.33. The summed E-state index contributed by atoms with van der Waals surface area (Å²) < 4.78 is 5.58. The zero-order valence-electron chi connectivity index (χ0n) is 22.0. The third kappa shape index (κ3) is 7.27. The van der Waals surface area contributed by atoms with Crippen LogP contribution in [0.4, 0.5) is 4.79 Å². The molecule has 0 N–H and O–H groups in total. The Labute approximate surface area is 209 Å². The maximum Gasteiger partial charge on any atom is 0.417 e. The van der Waals surface area contributed by atoms with Crippen molar-refractivity contribution in [3.63, 3.8) is 0 Å². The monoisotopic (exact) mass is 477 g/mol. The number of ketones is 1. The number of hydrogen-bond donors (Lipinski definition) is 0. The van der Waals surface area contributed by atoms with E-state index in [9.17, 15) is 14.4 Å². The van der Waals surface area contributed by atoms with E-state index in [1.54, 1.807) is 20.8 Å². The van der Waals surface area contributed by atoms with Crippen molar-refractivity contribution in [3.8, 4) is 11.1 Å². The van der Waals surface area contributed by atoms with Gasteiger partial charge in [-0.15, -0.1) is 0 Å². The third-order valence-corrected chi connectivity index (χ3v) is 6.42. The van der Waals surface area contributed by atoms with Gasteiger partial charge in [-0.1, -0.05) is 75.4 Å². The molecule has 1 aliphatic heterocycles. The molecule has 0 aliphatic carbocycles. The quantitative estimate of drug-likeness (QED) is 0.438. The first-order valence-electron chi connectivity index (χ1n) is 12.6. The van der Waals surface area contributed by atoms with E-state index in [2.05, 4.69) is 36.4 Å². The van der Waals surface area contributed by atoms with Gasteiger partial charge in [0, 0.05) is 23.8 Å². The molecule has 1 aliphatic rings. The summed E-state index contributed by atoms with van der Waals surface area (Å²) in [5, 5.41) is 0. The second-order valence-corrected chi connectivity index (χ2v) is 11.6. The summed E-state index contributed by atoms with van der Waals surface area (Å²) in [5.74, 6) is -0.265. The van der Waals surface area contributed by atoms with Crippen molar-refractivity contribution in [1.29, 1.82) is 0 Å². The molecular formula is C30H39NO4. The summed E-state index contributed by atoms with van der Waals surface area (Å²) in [6.45, 7) is 11.2. The molecule has 0 saturated carbocycles. The Morgan fingerprint density at radius 3 is 2.09 bits per heavy atom. The molecule has 1 saturated heterocycles. The van der Waals surface area contributed by atoms with E-state index in [1.165, 1.54) is 4.90 Å². The number of nitrogens with zero attached hydrogens (tertiary/aromatic N) is 1. The fourth-order valence-corrected chi connectivity index (χ4v) is 4.50. The van der Waals surface area contributed by atoms with E-state index in [1.807, 2.05) is 39.0 Å². The highest BCUT2D eigenvalue weighted by atomic mass is 16.6. The lowest BCUT2D eigenvalue weighted by molar-refractivity contribution is -0.132. The molecule has 188 valence electrons. The van der Waals surface area contributed by atoms with Crippen LogP contribution in [-0.4, -0.2) is 34.3 Å². The molecule has 2 aromatic carbocycles. The van der Waals surface area contributed by atoms with Gasteiger partial charge < -0.3 is 4.74 Å². The SMILES string of the molecule is CC(C)(C)OC(=O)N1C(=O)C(CCCC(=O)C(C)(C)C)CC1Cc1ccc(-c2ccccc2)cc1. The molecule has 0 bridgehead atoms. The van der Waals surface area contributed by atoms with E-state index in [4.69, 9.17) is 4.74 Å². The highest BCUT2D eigenvalue weighted by Gasteiger charge is 2.44. The van der Waals surface area contributed by atoms with Crippen LogP contribution in [0.5, 0.6) is 0 Å². The fourth-order valence-electron chi connectivity index (χ4n) is 4.50. The average Bonchev–Trinajstić information content (AvgIpc) is 3.08. The molecule has 0 radical (unpaired) electrons. The number of carbonyl (C=O) groups is 3. The van der Waals surface area contributed by atoms with E-state index in [-0.39, 0.29) is 29.1 Å². The van der Waals surface area contributed by atoms with Crippen molar-refractivity contribution in [2.75, 3.05) is 0 Å². The molecule has 2 unspecified atom stereocenters. The van der Waals surface area contributed by atoms with Crippen LogP contribution in [0.2, 0.25) is 0 Å². The number of imide groups is 1. The van der Waals surface area contributed by atoms with Crippen LogP contribution in [0.15, 0.2) is 54.6 Å². The number of ether oxygens (including phenoxy) is 1. The molecule has 0 aromatic heterocycles. The van der Waals surface area contributed by atoms with Crippen molar-refractivity contribution in [3.05, 3.63) is 60.2 Å². The fraction of sp³-hybridized carbons (Fsp3) is 0.500. The number of Topliss-reactive ketones (excluding diaryl/α,β-unsaturated/α-hetero) is 1. The Morgan fingerprint density at radius 1 is 0.914 bits per heavy atom. The molecule has 2 atom stereocenters. The van der Waals surface area contributed by atoms with E-state index in [0.29, 0.717) is 32.1 Å². The lowest BCUT2D eigenvalue weighted by Gasteiger charge is -2.27. The van der Waals surface area contributed by atoms with Crippen LogP contribution in [0.25, 0.3) is 11.1 Å². The molecule has 1 fully saturated rings. The second kappa shape index (κ2) is 10.8. The summed E-state index contributed by atoms with van der Waals surface area (Å²) >= 11 is 0. The first-order chi connectivity index (χ1) is 16.3. The highest BCUT2D eigenvalue weighted by molar-refractivity contribution is 5.95. The Balaban J connectivity index is 1.73. The van der Waals surface area contributed by atoms with E-state index >= 15 is 0 Å². The summed E-state index contributed by atoms with van der Waals surface area (Å²) in [4.78, 5) is 39.9. The van der Waals surface area contributed by atoms with E-state index < -0.39 is 11.7 Å². The van der Waals surface area contributed by atoms with Gasteiger partial charge in [0.05, 0.1) is 0 Å². The molecule has 5 nitrogen and oxygen atoms in total. The molecular weight excluding hydrogens is 438 g/mol. The van der Waals surface area contributed by atoms with Crippen LogP contribution >= 0.6 is 0 Å². The minimum Gasteiger partial charge on any atom is -0.443 e. The number of hydrogen-bond acceptors (Lipinski definition) is 4. The number of carbonyl (C=O) groups excluding carboxylic acids is 3. The van der Waals surface area contributed by atoms with Gasteiger partial charge in [0.15, 0.2) is 0 Å². The predicted molar refractivity (Wildman–Crippen MR) is 139 cm³/mol. The van der Waals surface area contributed by atoms with Crippen LogP contribution < -0.4 is 0 Å². The van der Waals surface area contributed by atoms with Gasteiger partial charge in [-0.05, 0) is 63.1 Å². The smallest absolute Gasteiger partial charge is 0.417 e. The second-order valence-electron chi connectivity index (χ2n) is 11.6. The summed E-state index contributed by atoms with van der Waals surface area (Å²) in [7, 11) is 0. The maximum absolute atomic E-state index is 13.3. The van der Waals surface area contributed by atoms with Gasteiger partial charge in [0.2, 0.25) is 5.91 Å². The van der Waals surface area contributed by atoms with Crippen molar-refractivity contribution < 1.29 is 19.1 Å². The molecule has 0 spiro atoms. The van der Waals surface area contributed by atoms with Gasteiger partial charge >= 0.3 is 6.09 Å². The van der Waals surface area contributed by atoms with Gasteiger partial charge in [-0.2, -0.15) is 0 Å². The summed E-state index contributed by atoms with van der Waals surface area (Å²) in [6, 6.07) is 18.2. The molecule has 2 amide bonds. The molecule has 35 heavy (non-hydrogen) atoms. The van der Waals surface area contributed by atoms with E-state index in [0.717, 1.165) is 16.7 Å². The number of likely N-dealkylation sites (tertiary alicyclic amines) is 1. The first-order valence-corrected chi connectivity index (χ1v) is 12.6. The summed E-state index contributed by atoms with van der Waals surface area (Å²) in [6.07, 6.45) is 2.28. The Morgan fingerprint density at radius 2 is 1.51 bits per heavy atom. The Kier molecular flexibility index (Phi) is 8.19. The largest absolute Gasteiger partial charge is 0.443 e. The molecule has 1 heterocycles. The molecule has 3 rings (SSSR count). The molecule has 2 aromatic rings. The minimum absolute atomic E-state index is 0.187. The van der Waals surface area contributed by atoms with Crippen molar-refractivity contribution >= 4 is 17.8 Å². The first kappa shape index (κ1) is 26.7. The normalized spacial score (nSPS) is 18.6. The minimum atomic E-state index is -0.684. The number of amides is 2. The third-order valence-electron chi connectivity index (χ3n) is 6.42. The average molecular weight is 478 g/mol. The van der Waals surface area contributed by atoms with Gasteiger partial charge in [-0.3, -0.25) is 9.59 Å². The van der Waals surface area contributed by atoms with Crippen molar-refractivity contribution in [2.24, 2.45) is 11.3 Å². The summed E-state index contributed by atoms with van der Waals surface area (Å²) in [5.41, 5.74) is 2.28. The number of rotatable bonds is 7. The standard InChI is InChI=1S/C30H39NO4/c1-29(2,3)26(32)14-10-13-24-20-25(31(27(24)33)28(34)35-30(4,5)6)19-21-15-17-23(18-16-21)22-11-8-7-9-12-22/h7-9,11-12,15-18,24-25H,10,13-14,19-20H2,1-6H3. The topological polar surface area (TPSA) is 63.7 Å². The zero-order chi connectivity index (χ0) is 25.8. The van der Waals surface area contributed by atoms with Gasteiger partial charge in [-0.25, -0.2) is 9.69 Å². The lowest BCUT2D eigenvalue weighted by Crippen LogP contribution is -2.43. The van der Waals surface area contributed by atoms with Crippen LogP contribution in [0, 0.1) is 11.3 Å². The maximum atomic E-state index is 13.3. The molecule has 5 heteroatoms. The lowest BCUT2D eigenvalue weighted by atomic mass is 9.86. The van der Waals surface area contributed by atoms with Crippen LogP contribution in [0.1, 0.15) is 72.8 Å². The Bertz CT molecular complexity index is 1030. The van der Waals surface area contributed by atoms with Crippen LogP contribution in [0.3, 0.4) is 0 Å². The van der Waals surface area contributed by atoms with Gasteiger partial charge in [0.1, 0.15) is 11.4 Å². The zero-order valence-corrected chi connectivity index (χ0v) is 22.0. The van der Waals surface area contributed by atoms with Gasteiger partial charge in [0.25, 0.3) is 0 Å². The predicted octanol–water partition coefficient (Wildman–Crippen LogP) is 6.83. The van der Waals surface area contributed by atoms with Crippen molar-refractivity contribution in [1.82, 2.24) is 4.90 Å². The van der Waals surface area contributed by atoms with Crippen LogP contribution in [-0.2, 0) is 20.7 Å². The number of benzene rings is 2.